The second-order valence-corrected chi connectivity index (χ2v) is 5.50. The molecule has 8 nitrogen and oxygen atoms in total. The van der Waals surface area contributed by atoms with E-state index in [1.165, 1.54) is 17.1 Å². The standard InChI is InChI=1S/C11H13FN3O5P/c12-7-3-15(10-9(7)11(16)14-5-13-10)8-2-1-6(20-8)4-19-21(17)18/h3,5-6,8,21H,1-2,4H2,(H,17,18)(H,13,14,16)/t6?,8-/m1/s1. The molecule has 2 aromatic heterocycles. The first-order chi connectivity index (χ1) is 10.1. The summed E-state index contributed by atoms with van der Waals surface area (Å²) in [6.45, 7) is 0.000488. The predicted octanol–water partition coefficient (Wildman–Crippen LogP) is 0.940. The summed E-state index contributed by atoms with van der Waals surface area (Å²) in [5.74, 6) is -0.664. The molecule has 1 fully saturated rings. The van der Waals surface area contributed by atoms with E-state index in [1.54, 1.807) is 0 Å². The molecule has 0 radical (unpaired) electrons. The van der Waals surface area contributed by atoms with Crippen LogP contribution in [0.3, 0.4) is 0 Å². The van der Waals surface area contributed by atoms with Gasteiger partial charge >= 0.3 is 8.25 Å². The first kappa shape index (κ1) is 14.4. The van der Waals surface area contributed by atoms with Gasteiger partial charge in [-0.3, -0.25) is 9.36 Å². The number of aromatic amines is 1. The van der Waals surface area contributed by atoms with Crippen molar-refractivity contribution in [2.75, 3.05) is 6.61 Å². The molecule has 3 atom stereocenters. The van der Waals surface area contributed by atoms with Gasteiger partial charge in [-0.15, -0.1) is 0 Å². The van der Waals surface area contributed by atoms with Crippen molar-refractivity contribution in [3.05, 3.63) is 28.7 Å². The highest BCUT2D eigenvalue weighted by atomic mass is 31.1. The zero-order valence-electron chi connectivity index (χ0n) is 10.8. The zero-order valence-corrected chi connectivity index (χ0v) is 11.8. The van der Waals surface area contributed by atoms with Crippen molar-refractivity contribution in [2.24, 2.45) is 0 Å². The first-order valence-corrected chi connectivity index (χ1v) is 7.57. The monoisotopic (exact) mass is 317 g/mol. The first-order valence-electron chi connectivity index (χ1n) is 6.31. The zero-order chi connectivity index (χ0) is 15.0. The van der Waals surface area contributed by atoms with Crippen molar-refractivity contribution in [3.8, 4) is 0 Å². The summed E-state index contributed by atoms with van der Waals surface area (Å²) < 4.78 is 36.1. The van der Waals surface area contributed by atoms with E-state index in [0.717, 1.165) is 0 Å². The molecule has 0 amide bonds. The van der Waals surface area contributed by atoms with Crippen molar-refractivity contribution in [1.29, 1.82) is 0 Å². The van der Waals surface area contributed by atoms with Gasteiger partial charge in [0, 0.05) is 6.20 Å². The molecule has 3 rings (SSSR count). The van der Waals surface area contributed by atoms with Crippen molar-refractivity contribution >= 4 is 19.3 Å². The summed E-state index contributed by atoms with van der Waals surface area (Å²) in [6.07, 6.45) is 2.71. The molecular weight excluding hydrogens is 304 g/mol. The van der Waals surface area contributed by atoms with Gasteiger partial charge in [0.2, 0.25) is 0 Å². The molecule has 1 aliphatic heterocycles. The Morgan fingerprint density at radius 1 is 1.62 bits per heavy atom. The van der Waals surface area contributed by atoms with Gasteiger partial charge in [-0.1, -0.05) is 0 Å². The second kappa shape index (κ2) is 5.69. The van der Waals surface area contributed by atoms with E-state index in [1.807, 2.05) is 0 Å². The van der Waals surface area contributed by atoms with Gasteiger partial charge in [0.25, 0.3) is 5.56 Å². The van der Waals surface area contributed by atoms with Crippen LogP contribution in [0, 0.1) is 5.82 Å². The highest BCUT2D eigenvalue weighted by molar-refractivity contribution is 7.32. The molecule has 10 heteroatoms. The lowest BCUT2D eigenvalue weighted by molar-refractivity contribution is -0.0162. The Kier molecular flexibility index (Phi) is 3.90. The number of rotatable bonds is 4. The fourth-order valence-electron chi connectivity index (χ4n) is 2.45. The number of H-pyrrole nitrogens is 1. The molecule has 3 heterocycles. The van der Waals surface area contributed by atoms with E-state index in [-0.39, 0.29) is 23.7 Å². The van der Waals surface area contributed by atoms with Crippen LogP contribution in [0.1, 0.15) is 19.1 Å². The normalized spacial score (nSPS) is 23.7. The fourth-order valence-corrected chi connectivity index (χ4v) is 2.78. The Balaban J connectivity index is 1.84. The second-order valence-electron chi connectivity index (χ2n) is 4.68. The minimum absolute atomic E-state index is 0.000488. The molecule has 2 unspecified atom stereocenters. The van der Waals surface area contributed by atoms with Crippen LogP contribution in [-0.4, -0.2) is 32.1 Å². The Hall–Kier alpha value is -1.54. The number of halogens is 1. The third-order valence-corrected chi connectivity index (χ3v) is 3.77. The smallest absolute Gasteiger partial charge is 0.316 e. The molecule has 2 N–H and O–H groups in total. The molecule has 114 valence electrons. The maximum atomic E-state index is 13.8. The van der Waals surface area contributed by atoms with Crippen LogP contribution < -0.4 is 5.56 Å². The predicted molar refractivity (Wildman–Crippen MR) is 70.6 cm³/mol. The number of fused-ring (bicyclic) bond motifs is 1. The van der Waals surface area contributed by atoms with Crippen LogP contribution in [0.2, 0.25) is 0 Å². The molecule has 21 heavy (non-hydrogen) atoms. The summed E-state index contributed by atoms with van der Waals surface area (Å²) in [5.41, 5.74) is -0.341. The van der Waals surface area contributed by atoms with Gasteiger partial charge in [0.1, 0.15) is 11.6 Å². The van der Waals surface area contributed by atoms with Gasteiger partial charge in [-0.2, -0.15) is 0 Å². The number of ether oxygens (including phenoxy) is 1. The van der Waals surface area contributed by atoms with Crippen LogP contribution in [0.25, 0.3) is 11.0 Å². The molecule has 0 aliphatic carbocycles. The van der Waals surface area contributed by atoms with Crippen molar-refractivity contribution < 1.29 is 23.1 Å². The highest BCUT2D eigenvalue weighted by Crippen LogP contribution is 2.32. The van der Waals surface area contributed by atoms with Crippen LogP contribution in [-0.2, 0) is 13.8 Å². The molecule has 0 saturated carbocycles. The largest absolute Gasteiger partial charge is 0.352 e. The minimum Gasteiger partial charge on any atom is -0.352 e. The topological polar surface area (TPSA) is 106 Å². The number of aromatic nitrogens is 3. The molecule has 1 saturated heterocycles. The molecule has 0 bridgehead atoms. The Labute approximate surface area is 118 Å². The van der Waals surface area contributed by atoms with Crippen LogP contribution in [0.5, 0.6) is 0 Å². The maximum Gasteiger partial charge on any atom is 0.316 e. The average Bonchev–Trinajstić information content (AvgIpc) is 3.02. The van der Waals surface area contributed by atoms with Crippen molar-refractivity contribution in [3.63, 3.8) is 0 Å². The van der Waals surface area contributed by atoms with Crippen LogP contribution in [0.4, 0.5) is 4.39 Å². The molecular formula is C11H13FN3O5P. The third kappa shape index (κ3) is 2.77. The van der Waals surface area contributed by atoms with Crippen LogP contribution in [0.15, 0.2) is 17.3 Å². The van der Waals surface area contributed by atoms with Crippen LogP contribution >= 0.6 is 8.25 Å². The Morgan fingerprint density at radius 3 is 3.19 bits per heavy atom. The summed E-state index contributed by atoms with van der Waals surface area (Å²) >= 11 is 0. The van der Waals surface area contributed by atoms with E-state index < -0.39 is 25.9 Å². The molecule has 1 aliphatic rings. The number of nitrogens with one attached hydrogen (secondary N) is 1. The van der Waals surface area contributed by atoms with E-state index >= 15 is 0 Å². The lowest BCUT2D eigenvalue weighted by Crippen LogP contribution is -2.15. The summed E-state index contributed by atoms with van der Waals surface area (Å²) in [4.78, 5) is 26.5. The summed E-state index contributed by atoms with van der Waals surface area (Å²) in [6, 6.07) is 0. The van der Waals surface area contributed by atoms with Gasteiger partial charge in [-0.25, -0.2) is 9.37 Å². The van der Waals surface area contributed by atoms with Gasteiger partial charge in [-0.05, 0) is 12.8 Å². The average molecular weight is 317 g/mol. The Bertz CT molecular complexity index is 745. The van der Waals surface area contributed by atoms with E-state index in [9.17, 15) is 13.8 Å². The van der Waals surface area contributed by atoms with Crippen molar-refractivity contribution in [2.45, 2.75) is 25.2 Å². The molecule has 0 aromatic carbocycles. The van der Waals surface area contributed by atoms with Gasteiger partial charge in [0.05, 0.1) is 19.0 Å². The molecule has 2 aromatic rings. The highest BCUT2D eigenvalue weighted by Gasteiger charge is 2.29. The van der Waals surface area contributed by atoms with Crippen molar-refractivity contribution in [1.82, 2.24) is 14.5 Å². The Morgan fingerprint density at radius 2 is 2.43 bits per heavy atom. The van der Waals surface area contributed by atoms with E-state index in [0.29, 0.717) is 12.8 Å². The lowest BCUT2D eigenvalue weighted by Gasteiger charge is -2.15. The number of hydrogen-bond donors (Lipinski definition) is 2. The SMILES string of the molecule is O=c1[nH]cnc2c1c(F)cn2[C@H]1CCC(CO[PH](=O)O)O1. The number of nitrogens with zero attached hydrogens (tertiary/aromatic N) is 2. The van der Waals surface area contributed by atoms with E-state index in [2.05, 4.69) is 14.5 Å². The molecule has 0 spiro atoms. The minimum atomic E-state index is -2.99. The third-order valence-electron chi connectivity index (χ3n) is 3.36. The van der Waals surface area contributed by atoms with Gasteiger partial charge < -0.3 is 23.7 Å². The van der Waals surface area contributed by atoms with Gasteiger partial charge in [0.15, 0.2) is 11.5 Å². The maximum absolute atomic E-state index is 13.8. The lowest BCUT2D eigenvalue weighted by atomic mass is 10.2. The quantitative estimate of drug-likeness (QED) is 0.813. The fraction of sp³-hybridized carbons (Fsp3) is 0.455. The number of hydrogen-bond acceptors (Lipinski definition) is 5. The summed E-state index contributed by atoms with van der Waals surface area (Å²) in [5, 5.41) is -0.110. The van der Waals surface area contributed by atoms with E-state index in [4.69, 9.17) is 9.63 Å². The summed E-state index contributed by atoms with van der Waals surface area (Å²) in [7, 11) is -2.99.